The van der Waals surface area contributed by atoms with E-state index in [-0.39, 0.29) is 5.02 Å². The fraction of sp³-hybridized carbons (Fsp3) is 0.350. The van der Waals surface area contributed by atoms with E-state index in [1.807, 2.05) is 0 Å². The normalized spacial score (nSPS) is 14.9. The molecule has 3 aromatic rings. The van der Waals surface area contributed by atoms with Gasteiger partial charge < -0.3 is 15.2 Å². The third-order valence-corrected chi connectivity index (χ3v) is 5.53. The zero-order valence-electron chi connectivity index (χ0n) is 15.0. The minimum Gasteiger partial charge on any atom is -0.341 e. The summed E-state index contributed by atoms with van der Waals surface area (Å²) in [5.41, 5.74) is 11.2. The molecule has 0 amide bonds. The van der Waals surface area contributed by atoms with Gasteiger partial charge in [-0.15, -0.1) is 0 Å². The fourth-order valence-corrected chi connectivity index (χ4v) is 3.67. The molecule has 0 bridgehead atoms. The molecule has 1 saturated heterocycles. The van der Waals surface area contributed by atoms with Crippen molar-refractivity contribution in [3.05, 3.63) is 57.9 Å². The maximum atomic E-state index is 13.5. The fourth-order valence-electron chi connectivity index (χ4n) is 3.47. The molecule has 2 aromatic carbocycles. The van der Waals surface area contributed by atoms with Crippen molar-refractivity contribution in [3.63, 3.8) is 0 Å². The van der Waals surface area contributed by atoms with Gasteiger partial charge in [-0.3, -0.25) is 0 Å². The molecule has 1 aliphatic heterocycles. The Morgan fingerprint density at radius 1 is 1.19 bits per heavy atom. The number of fused-ring (bicyclic) bond motifs is 1. The third kappa shape index (κ3) is 2.95. The number of imidazole rings is 1. The Bertz CT molecular complexity index is 976. The van der Waals surface area contributed by atoms with Crippen LogP contribution in [0, 0.1) is 25.6 Å². The van der Waals surface area contributed by atoms with Gasteiger partial charge in [0.1, 0.15) is 5.82 Å². The summed E-state index contributed by atoms with van der Waals surface area (Å²) in [4.78, 5) is 7.14. The minimum absolute atomic E-state index is 0.146. The molecule has 0 radical (unpaired) electrons. The van der Waals surface area contributed by atoms with Gasteiger partial charge in [0.25, 0.3) is 0 Å². The number of rotatable bonds is 4. The van der Waals surface area contributed by atoms with Crippen LogP contribution in [0.1, 0.15) is 16.7 Å². The van der Waals surface area contributed by atoms with Gasteiger partial charge in [-0.1, -0.05) is 17.7 Å². The van der Waals surface area contributed by atoms with Crippen LogP contribution < -0.4 is 10.6 Å². The van der Waals surface area contributed by atoms with Gasteiger partial charge >= 0.3 is 0 Å². The molecule has 26 heavy (non-hydrogen) atoms. The topological polar surface area (TPSA) is 47.1 Å². The Balaban J connectivity index is 1.79. The number of aromatic nitrogens is 2. The number of halogens is 2. The number of nitrogens with zero attached hydrogens (tertiary/aromatic N) is 3. The zero-order valence-corrected chi connectivity index (χ0v) is 15.7. The second-order valence-electron chi connectivity index (χ2n) is 7.18. The van der Waals surface area contributed by atoms with Gasteiger partial charge in [0.15, 0.2) is 0 Å². The molecule has 0 atom stereocenters. The molecule has 136 valence electrons. The average Bonchev–Trinajstić information content (AvgIpc) is 2.88. The lowest BCUT2D eigenvalue weighted by Crippen LogP contribution is -2.51. The summed E-state index contributed by atoms with van der Waals surface area (Å²) in [5, 5.41) is 0.146. The molecule has 1 aliphatic rings. The molecule has 0 unspecified atom stereocenters. The molecular formula is C20H22ClFN4. The Labute approximate surface area is 157 Å². The van der Waals surface area contributed by atoms with Crippen molar-refractivity contribution < 1.29 is 4.39 Å². The number of benzene rings is 2. The van der Waals surface area contributed by atoms with Crippen molar-refractivity contribution in [3.8, 4) is 0 Å². The first-order valence-corrected chi connectivity index (χ1v) is 9.20. The highest BCUT2D eigenvalue weighted by atomic mass is 35.5. The molecule has 1 aromatic heterocycles. The molecule has 2 heterocycles. The molecule has 2 N–H and O–H groups in total. The summed E-state index contributed by atoms with van der Waals surface area (Å²) in [6.45, 7) is 7.33. The van der Waals surface area contributed by atoms with E-state index in [0.29, 0.717) is 19.0 Å². The first kappa shape index (κ1) is 17.3. The highest BCUT2D eigenvalue weighted by molar-refractivity contribution is 6.30. The van der Waals surface area contributed by atoms with Crippen molar-refractivity contribution >= 4 is 28.6 Å². The van der Waals surface area contributed by atoms with E-state index in [4.69, 9.17) is 22.3 Å². The van der Waals surface area contributed by atoms with Crippen LogP contribution >= 0.6 is 11.6 Å². The summed E-state index contributed by atoms with van der Waals surface area (Å²) in [6, 6.07) is 9.18. The van der Waals surface area contributed by atoms with Gasteiger partial charge in [0, 0.05) is 19.0 Å². The highest BCUT2D eigenvalue weighted by Gasteiger charge is 2.29. The lowest BCUT2D eigenvalue weighted by Gasteiger charge is -2.39. The Hall–Kier alpha value is -2.11. The standard InChI is InChI=1S/C20H22ClFN4/c1-12-5-18-19(6-13(12)2)26(11-14-3-4-17(22)16(21)7-14)20(24-18)25-9-15(8-23)10-25/h3-7,15H,8-11,23H2,1-2H3. The number of hydrogen-bond donors (Lipinski definition) is 1. The van der Waals surface area contributed by atoms with Crippen LogP contribution in [0.25, 0.3) is 11.0 Å². The monoisotopic (exact) mass is 372 g/mol. The van der Waals surface area contributed by atoms with E-state index in [1.165, 1.54) is 17.2 Å². The molecule has 4 nitrogen and oxygen atoms in total. The van der Waals surface area contributed by atoms with E-state index in [0.717, 1.165) is 35.6 Å². The molecule has 0 saturated carbocycles. The summed E-state index contributed by atoms with van der Waals surface area (Å²) < 4.78 is 15.7. The van der Waals surface area contributed by atoms with Crippen molar-refractivity contribution in [2.75, 3.05) is 24.5 Å². The van der Waals surface area contributed by atoms with E-state index in [1.54, 1.807) is 12.1 Å². The maximum absolute atomic E-state index is 13.5. The van der Waals surface area contributed by atoms with Gasteiger partial charge in [-0.05, 0) is 61.3 Å². The number of aryl methyl sites for hydroxylation is 2. The minimum atomic E-state index is -0.397. The van der Waals surface area contributed by atoms with Crippen molar-refractivity contribution in [1.29, 1.82) is 0 Å². The number of nitrogens with two attached hydrogens (primary N) is 1. The molecular weight excluding hydrogens is 351 g/mol. The van der Waals surface area contributed by atoms with Crippen molar-refractivity contribution in [2.24, 2.45) is 11.7 Å². The smallest absolute Gasteiger partial charge is 0.206 e. The summed E-state index contributed by atoms with van der Waals surface area (Å²) in [7, 11) is 0. The van der Waals surface area contributed by atoms with Gasteiger partial charge in [-0.2, -0.15) is 0 Å². The molecule has 4 rings (SSSR count). The van der Waals surface area contributed by atoms with Crippen LogP contribution in [0.15, 0.2) is 30.3 Å². The molecule has 0 aliphatic carbocycles. The Kier molecular flexibility index (Phi) is 4.37. The molecule has 0 spiro atoms. The van der Waals surface area contributed by atoms with Crippen LogP contribution in [0.3, 0.4) is 0 Å². The first-order chi connectivity index (χ1) is 12.5. The van der Waals surface area contributed by atoms with E-state index < -0.39 is 5.82 Å². The van der Waals surface area contributed by atoms with Gasteiger partial charge in [-0.25, -0.2) is 9.37 Å². The van der Waals surface area contributed by atoms with Crippen molar-refractivity contribution in [1.82, 2.24) is 9.55 Å². The van der Waals surface area contributed by atoms with Crippen LogP contribution in [0.2, 0.25) is 5.02 Å². The predicted octanol–water partition coefficient (Wildman–Crippen LogP) is 3.89. The average molecular weight is 373 g/mol. The quantitative estimate of drug-likeness (QED) is 0.755. The predicted molar refractivity (Wildman–Crippen MR) is 104 cm³/mol. The lowest BCUT2D eigenvalue weighted by molar-refractivity contribution is 0.409. The second-order valence-corrected chi connectivity index (χ2v) is 7.59. The summed E-state index contributed by atoms with van der Waals surface area (Å²) >= 11 is 5.97. The maximum Gasteiger partial charge on any atom is 0.206 e. The Morgan fingerprint density at radius 2 is 1.92 bits per heavy atom. The third-order valence-electron chi connectivity index (χ3n) is 5.24. The number of anilines is 1. The molecule has 6 heteroatoms. The number of hydrogen-bond acceptors (Lipinski definition) is 3. The lowest BCUT2D eigenvalue weighted by atomic mass is 10.0. The molecule has 1 fully saturated rings. The van der Waals surface area contributed by atoms with Gasteiger partial charge in [0.05, 0.1) is 22.6 Å². The Morgan fingerprint density at radius 3 is 2.62 bits per heavy atom. The van der Waals surface area contributed by atoms with Crippen LogP contribution in [-0.2, 0) is 6.54 Å². The second kappa shape index (κ2) is 6.56. The van der Waals surface area contributed by atoms with E-state index >= 15 is 0 Å². The summed E-state index contributed by atoms with van der Waals surface area (Å²) in [5.74, 6) is 1.06. The van der Waals surface area contributed by atoms with Gasteiger partial charge in [0.2, 0.25) is 5.95 Å². The zero-order chi connectivity index (χ0) is 18.4. The van der Waals surface area contributed by atoms with E-state index in [9.17, 15) is 4.39 Å². The summed E-state index contributed by atoms with van der Waals surface area (Å²) in [6.07, 6.45) is 0. The highest BCUT2D eigenvalue weighted by Crippen LogP contribution is 2.30. The first-order valence-electron chi connectivity index (χ1n) is 8.82. The van der Waals surface area contributed by atoms with Crippen LogP contribution in [0.4, 0.5) is 10.3 Å². The van der Waals surface area contributed by atoms with Crippen LogP contribution in [0.5, 0.6) is 0 Å². The van der Waals surface area contributed by atoms with Crippen molar-refractivity contribution in [2.45, 2.75) is 20.4 Å². The van der Waals surface area contributed by atoms with E-state index in [2.05, 4.69) is 35.4 Å². The SMILES string of the molecule is Cc1cc2nc(N3CC(CN)C3)n(Cc3ccc(F)c(Cl)c3)c2cc1C. The largest absolute Gasteiger partial charge is 0.341 e. The van der Waals surface area contributed by atoms with Crippen LogP contribution in [-0.4, -0.2) is 29.2 Å².